The topological polar surface area (TPSA) is 70.0 Å². The first-order valence-corrected chi connectivity index (χ1v) is 9.98. The number of hydrogen-bond acceptors (Lipinski definition) is 5. The summed E-state index contributed by atoms with van der Waals surface area (Å²) in [6.45, 7) is 1.09. The Morgan fingerprint density at radius 2 is 2.08 bits per heavy atom. The summed E-state index contributed by atoms with van der Waals surface area (Å²) in [6.07, 6.45) is 4.58. The molecule has 0 aliphatic carbocycles. The fourth-order valence-corrected chi connectivity index (χ4v) is 3.59. The predicted octanol–water partition coefficient (Wildman–Crippen LogP) is 2.61. The summed E-state index contributed by atoms with van der Waals surface area (Å²) in [7, 11) is 0. The van der Waals surface area contributed by atoms with Crippen molar-refractivity contribution in [2.24, 2.45) is 0 Å². The van der Waals surface area contributed by atoms with Gasteiger partial charge in [0, 0.05) is 25.3 Å². The second kappa shape index (κ2) is 11.2. The van der Waals surface area contributed by atoms with Gasteiger partial charge in [0.05, 0.1) is 12.1 Å². The van der Waals surface area contributed by atoms with E-state index in [1.165, 1.54) is 12.1 Å². The molecule has 1 amide bonds. The van der Waals surface area contributed by atoms with Gasteiger partial charge in [0.2, 0.25) is 0 Å². The fourth-order valence-electron chi connectivity index (χ4n) is 2.65. The Morgan fingerprint density at radius 3 is 2.81 bits per heavy atom. The van der Waals surface area contributed by atoms with Gasteiger partial charge in [-0.25, -0.2) is 9.18 Å². The maximum Gasteiger partial charge on any atom is 0.410 e. The SMILES string of the molecule is O=C1OC[C@H](/C=C/[C@@H](O)Cc2ccc(F)cc2)N1CCSCCCCO. The van der Waals surface area contributed by atoms with E-state index in [4.69, 9.17) is 9.84 Å². The van der Waals surface area contributed by atoms with Gasteiger partial charge in [-0.1, -0.05) is 24.3 Å². The predicted molar refractivity (Wildman–Crippen MR) is 101 cm³/mol. The number of unbranched alkanes of at least 4 members (excludes halogenated alkanes) is 1. The molecule has 144 valence electrons. The molecule has 0 saturated carbocycles. The van der Waals surface area contributed by atoms with Crippen LogP contribution in [-0.4, -0.2) is 64.6 Å². The minimum absolute atomic E-state index is 0.177. The number of amides is 1. The van der Waals surface area contributed by atoms with Crippen molar-refractivity contribution in [3.05, 3.63) is 47.8 Å². The second-order valence-corrected chi connectivity index (χ2v) is 7.39. The van der Waals surface area contributed by atoms with Crippen molar-refractivity contribution < 1.29 is 24.1 Å². The Kier molecular flexibility index (Phi) is 8.94. The van der Waals surface area contributed by atoms with Crippen molar-refractivity contribution in [1.82, 2.24) is 4.90 Å². The third kappa shape index (κ3) is 6.97. The van der Waals surface area contributed by atoms with Crippen LogP contribution in [0.15, 0.2) is 36.4 Å². The van der Waals surface area contributed by atoms with Gasteiger partial charge >= 0.3 is 6.09 Å². The molecule has 1 saturated heterocycles. The van der Waals surface area contributed by atoms with Crippen LogP contribution in [0.4, 0.5) is 9.18 Å². The van der Waals surface area contributed by atoms with Gasteiger partial charge in [-0.2, -0.15) is 11.8 Å². The highest BCUT2D eigenvalue weighted by atomic mass is 32.2. The molecule has 1 aromatic rings. The van der Waals surface area contributed by atoms with E-state index in [1.807, 2.05) is 0 Å². The van der Waals surface area contributed by atoms with Gasteiger partial charge in [0.1, 0.15) is 12.4 Å². The molecule has 1 fully saturated rings. The maximum absolute atomic E-state index is 12.9. The number of cyclic esters (lactones) is 1. The van der Waals surface area contributed by atoms with E-state index in [0.29, 0.717) is 13.0 Å². The molecule has 1 heterocycles. The van der Waals surface area contributed by atoms with Crippen LogP contribution in [0.3, 0.4) is 0 Å². The van der Waals surface area contributed by atoms with Crippen LogP contribution in [0.25, 0.3) is 0 Å². The molecule has 7 heteroatoms. The minimum Gasteiger partial charge on any atom is -0.447 e. The molecule has 2 atom stereocenters. The summed E-state index contributed by atoms with van der Waals surface area (Å²) in [4.78, 5) is 13.5. The lowest BCUT2D eigenvalue weighted by Gasteiger charge is -2.18. The summed E-state index contributed by atoms with van der Waals surface area (Å²) in [5.41, 5.74) is 0.846. The molecule has 0 aromatic heterocycles. The van der Waals surface area contributed by atoms with E-state index in [2.05, 4.69) is 0 Å². The van der Waals surface area contributed by atoms with Crippen molar-refractivity contribution >= 4 is 17.9 Å². The maximum atomic E-state index is 12.9. The van der Waals surface area contributed by atoms with Gasteiger partial charge in [0.25, 0.3) is 0 Å². The smallest absolute Gasteiger partial charge is 0.410 e. The van der Waals surface area contributed by atoms with Gasteiger partial charge in [0.15, 0.2) is 0 Å². The first kappa shape index (κ1) is 20.7. The van der Waals surface area contributed by atoms with Crippen LogP contribution in [0, 0.1) is 5.82 Å². The molecule has 0 radical (unpaired) electrons. The standard InChI is InChI=1S/C19H26FNO4S/c20-16-5-3-15(4-6-16)13-18(23)8-7-17-14-25-19(24)21(17)9-12-26-11-2-1-10-22/h3-8,17-18,22-23H,1-2,9-14H2/b8-7+/t17-,18+/m0/s1. The molecule has 0 bridgehead atoms. The number of aliphatic hydroxyl groups is 2. The van der Waals surface area contributed by atoms with Gasteiger partial charge in [-0.3, -0.25) is 4.90 Å². The van der Waals surface area contributed by atoms with E-state index < -0.39 is 6.10 Å². The third-order valence-electron chi connectivity index (χ3n) is 4.10. The van der Waals surface area contributed by atoms with Gasteiger partial charge < -0.3 is 14.9 Å². The number of thioether (sulfide) groups is 1. The zero-order chi connectivity index (χ0) is 18.8. The second-order valence-electron chi connectivity index (χ2n) is 6.16. The van der Waals surface area contributed by atoms with Crippen LogP contribution < -0.4 is 0 Å². The van der Waals surface area contributed by atoms with E-state index >= 15 is 0 Å². The van der Waals surface area contributed by atoms with Crippen LogP contribution in [0.1, 0.15) is 18.4 Å². The lowest BCUT2D eigenvalue weighted by atomic mass is 10.1. The molecular formula is C19H26FNO4S. The zero-order valence-corrected chi connectivity index (χ0v) is 15.5. The number of halogens is 1. The molecule has 2 rings (SSSR count). The van der Waals surface area contributed by atoms with E-state index in [-0.39, 0.29) is 31.2 Å². The van der Waals surface area contributed by atoms with Crippen LogP contribution in [-0.2, 0) is 11.2 Å². The largest absolute Gasteiger partial charge is 0.447 e. The quantitative estimate of drug-likeness (QED) is 0.454. The Morgan fingerprint density at radius 1 is 1.31 bits per heavy atom. The number of carbonyl (C=O) groups is 1. The van der Waals surface area contributed by atoms with Crippen molar-refractivity contribution in [2.45, 2.75) is 31.4 Å². The molecule has 1 aliphatic rings. The van der Waals surface area contributed by atoms with Gasteiger partial charge in [-0.15, -0.1) is 0 Å². The molecule has 1 aromatic carbocycles. The molecule has 1 aliphatic heterocycles. The van der Waals surface area contributed by atoms with Gasteiger partial charge in [-0.05, 0) is 36.3 Å². The van der Waals surface area contributed by atoms with Crippen LogP contribution in [0.5, 0.6) is 0 Å². The van der Waals surface area contributed by atoms with E-state index in [9.17, 15) is 14.3 Å². The first-order valence-electron chi connectivity index (χ1n) is 8.83. The van der Waals surface area contributed by atoms with E-state index in [1.54, 1.807) is 40.9 Å². The lowest BCUT2D eigenvalue weighted by molar-refractivity contribution is 0.159. The average molecular weight is 383 g/mol. The molecular weight excluding hydrogens is 357 g/mol. The number of nitrogens with zero attached hydrogens (tertiary/aromatic N) is 1. The highest BCUT2D eigenvalue weighted by Crippen LogP contribution is 2.16. The van der Waals surface area contributed by atoms with Crippen LogP contribution in [0.2, 0.25) is 0 Å². The third-order valence-corrected chi connectivity index (χ3v) is 5.15. The zero-order valence-electron chi connectivity index (χ0n) is 14.7. The summed E-state index contributed by atoms with van der Waals surface area (Å²) >= 11 is 1.75. The van der Waals surface area contributed by atoms with E-state index in [0.717, 1.165) is 29.9 Å². The average Bonchev–Trinajstić information content (AvgIpc) is 2.98. The number of carbonyl (C=O) groups excluding carboxylic acids is 1. The first-order chi connectivity index (χ1) is 12.6. The van der Waals surface area contributed by atoms with Crippen molar-refractivity contribution in [3.8, 4) is 0 Å². The monoisotopic (exact) mass is 383 g/mol. The van der Waals surface area contributed by atoms with Crippen molar-refractivity contribution in [2.75, 3.05) is 31.3 Å². The fraction of sp³-hybridized carbons (Fsp3) is 0.526. The summed E-state index contributed by atoms with van der Waals surface area (Å²) < 4.78 is 18.0. The molecule has 5 nitrogen and oxygen atoms in total. The highest BCUT2D eigenvalue weighted by Gasteiger charge is 2.30. The Balaban J connectivity index is 1.77. The lowest BCUT2D eigenvalue weighted by Crippen LogP contribution is -2.34. The minimum atomic E-state index is -0.703. The molecule has 26 heavy (non-hydrogen) atoms. The Labute approximate surface area is 157 Å². The summed E-state index contributed by atoms with van der Waals surface area (Å²) in [6, 6.07) is 5.86. The van der Waals surface area contributed by atoms with Crippen LogP contribution >= 0.6 is 11.8 Å². The summed E-state index contributed by atoms with van der Waals surface area (Å²) in [5, 5.41) is 18.9. The number of rotatable bonds is 11. The number of aliphatic hydroxyl groups excluding tert-OH is 2. The number of benzene rings is 1. The molecule has 0 spiro atoms. The summed E-state index contributed by atoms with van der Waals surface area (Å²) in [5.74, 6) is 1.47. The van der Waals surface area contributed by atoms with Crippen molar-refractivity contribution in [1.29, 1.82) is 0 Å². The Bertz CT molecular complexity index is 581. The Hall–Kier alpha value is -1.57. The normalized spacial score (nSPS) is 18.5. The highest BCUT2D eigenvalue weighted by molar-refractivity contribution is 7.99. The van der Waals surface area contributed by atoms with Crippen molar-refractivity contribution in [3.63, 3.8) is 0 Å². The molecule has 0 unspecified atom stereocenters. The number of hydrogen-bond donors (Lipinski definition) is 2. The molecule has 2 N–H and O–H groups in total. The number of ether oxygens (including phenoxy) is 1.